The number of hydrogen-bond acceptors (Lipinski definition) is 5. The molecule has 0 amide bonds. The van der Waals surface area contributed by atoms with Crippen LogP contribution in [0.4, 0.5) is 4.39 Å². The van der Waals surface area contributed by atoms with E-state index in [1.54, 1.807) is 12.3 Å². The maximum atomic E-state index is 14.1. The molecule has 0 aliphatic carbocycles. The first-order valence-corrected chi connectivity index (χ1v) is 10.6. The number of nitrogens with two attached hydrogens (primary N) is 1. The Morgan fingerprint density at radius 3 is 2.57 bits per heavy atom. The van der Waals surface area contributed by atoms with Gasteiger partial charge < -0.3 is 20.9 Å². The van der Waals surface area contributed by atoms with Crippen LogP contribution in [0, 0.1) is 0 Å². The molecule has 3 heterocycles. The highest BCUT2D eigenvalue weighted by Crippen LogP contribution is 2.42. The standard InChI is InChI=1S/C24H34FN5/c1-17(2)11-22-23(13-19(4)20(5)28-9-6-7-27-8-10-28)30(22)24(14-26)29-15-18(3)12-21(25)16-29/h11-15,27H,5-10,16,26H2,1-4H3/b19-13+,24-14+. The highest BCUT2D eigenvalue weighted by molar-refractivity contribution is 5.54. The van der Waals surface area contributed by atoms with Crippen LogP contribution in [0.3, 0.4) is 0 Å². The van der Waals surface area contributed by atoms with E-state index in [0.717, 1.165) is 66.7 Å². The molecule has 0 spiro atoms. The Morgan fingerprint density at radius 1 is 1.17 bits per heavy atom. The predicted octanol–water partition coefficient (Wildman–Crippen LogP) is 4.07. The molecule has 3 aliphatic rings. The van der Waals surface area contributed by atoms with Gasteiger partial charge in [-0.1, -0.05) is 12.2 Å². The molecule has 0 unspecified atom stereocenters. The van der Waals surface area contributed by atoms with E-state index in [-0.39, 0.29) is 12.4 Å². The molecule has 162 valence electrons. The summed E-state index contributed by atoms with van der Waals surface area (Å²) in [6.45, 7) is 16.7. The lowest BCUT2D eigenvalue weighted by Crippen LogP contribution is -2.28. The maximum absolute atomic E-state index is 14.1. The molecule has 3 aliphatic heterocycles. The smallest absolute Gasteiger partial charge is 0.134 e. The molecule has 1 fully saturated rings. The molecule has 0 saturated carbocycles. The van der Waals surface area contributed by atoms with Crippen LogP contribution in [0.15, 0.2) is 82.7 Å². The van der Waals surface area contributed by atoms with E-state index < -0.39 is 0 Å². The zero-order chi connectivity index (χ0) is 21.8. The predicted molar refractivity (Wildman–Crippen MR) is 122 cm³/mol. The van der Waals surface area contributed by atoms with E-state index in [1.807, 2.05) is 18.0 Å². The van der Waals surface area contributed by atoms with Crippen molar-refractivity contribution in [2.75, 3.05) is 32.7 Å². The Balaban J connectivity index is 1.83. The first-order valence-electron chi connectivity index (χ1n) is 10.6. The van der Waals surface area contributed by atoms with Gasteiger partial charge in [0.05, 0.1) is 17.9 Å². The average molecular weight is 412 g/mol. The van der Waals surface area contributed by atoms with Gasteiger partial charge in [0.25, 0.3) is 0 Å². The van der Waals surface area contributed by atoms with Crippen molar-refractivity contribution in [3.63, 3.8) is 0 Å². The van der Waals surface area contributed by atoms with Crippen LogP contribution in [0.5, 0.6) is 0 Å². The molecule has 6 heteroatoms. The van der Waals surface area contributed by atoms with Crippen LogP contribution >= 0.6 is 0 Å². The molecule has 0 bridgehead atoms. The molecule has 0 aromatic carbocycles. The van der Waals surface area contributed by atoms with Crippen LogP contribution in [0.2, 0.25) is 0 Å². The highest BCUT2D eigenvalue weighted by Gasteiger charge is 2.36. The summed E-state index contributed by atoms with van der Waals surface area (Å²) in [4.78, 5) is 6.28. The molecular weight excluding hydrogens is 377 g/mol. The van der Waals surface area contributed by atoms with Crippen molar-refractivity contribution >= 4 is 0 Å². The number of hydrogen-bond donors (Lipinski definition) is 2. The summed E-state index contributed by atoms with van der Waals surface area (Å²) in [6, 6.07) is 0. The number of rotatable bonds is 6. The summed E-state index contributed by atoms with van der Waals surface area (Å²) in [5.74, 6) is 0.588. The van der Waals surface area contributed by atoms with E-state index in [0.29, 0.717) is 0 Å². The van der Waals surface area contributed by atoms with Gasteiger partial charge in [-0.05, 0) is 70.0 Å². The molecule has 0 aromatic rings. The SMILES string of the molecule is C=C(/C(C)=C/C1=C(C=C(C)C)N1/C(=C/N)N1C=C(C)C=C(F)C1)N1CCCNCC1. The third-order valence-corrected chi connectivity index (χ3v) is 5.39. The van der Waals surface area contributed by atoms with Crippen molar-refractivity contribution < 1.29 is 4.39 Å². The van der Waals surface area contributed by atoms with Crippen LogP contribution < -0.4 is 11.1 Å². The number of nitrogens with one attached hydrogen (secondary N) is 1. The monoisotopic (exact) mass is 411 g/mol. The molecule has 3 N–H and O–H groups in total. The third-order valence-electron chi connectivity index (χ3n) is 5.39. The second kappa shape index (κ2) is 9.39. The van der Waals surface area contributed by atoms with Crippen LogP contribution in [-0.2, 0) is 0 Å². The quantitative estimate of drug-likeness (QED) is 0.646. The minimum absolute atomic E-state index is 0.170. The fourth-order valence-corrected chi connectivity index (χ4v) is 3.87. The minimum Gasteiger partial charge on any atom is -0.402 e. The van der Waals surface area contributed by atoms with Gasteiger partial charge >= 0.3 is 0 Å². The van der Waals surface area contributed by atoms with Gasteiger partial charge in [-0.25, -0.2) is 4.39 Å². The molecule has 3 rings (SSSR count). The van der Waals surface area contributed by atoms with Crippen LogP contribution in [0.1, 0.15) is 34.1 Å². The molecule has 0 radical (unpaired) electrons. The third kappa shape index (κ3) is 5.05. The summed E-state index contributed by atoms with van der Waals surface area (Å²) in [7, 11) is 0. The molecule has 30 heavy (non-hydrogen) atoms. The fraction of sp³-hybridized carbons (Fsp3) is 0.417. The molecule has 0 atom stereocenters. The van der Waals surface area contributed by atoms with Gasteiger partial charge in [-0.15, -0.1) is 0 Å². The number of nitrogens with zero attached hydrogens (tertiary/aromatic N) is 3. The summed E-state index contributed by atoms with van der Waals surface area (Å²) >= 11 is 0. The Hall–Kier alpha value is -2.73. The van der Waals surface area contributed by atoms with Crippen LogP contribution in [-0.4, -0.2) is 47.4 Å². The van der Waals surface area contributed by atoms with E-state index in [4.69, 9.17) is 5.73 Å². The zero-order valence-electron chi connectivity index (χ0n) is 18.6. The van der Waals surface area contributed by atoms with Gasteiger partial charge in [0, 0.05) is 37.7 Å². The molecule has 0 aromatic heterocycles. The average Bonchev–Trinajstić information content (AvgIpc) is 3.39. The summed E-state index contributed by atoms with van der Waals surface area (Å²) in [5, 5.41) is 3.43. The lowest BCUT2D eigenvalue weighted by molar-refractivity contribution is 0.370. The van der Waals surface area contributed by atoms with E-state index >= 15 is 0 Å². The van der Waals surface area contributed by atoms with Crippen molar-refractivity contribution in [3.05, 3.63) is 82.7 Å². The van der Waals surface area contributed by atoms with Crippen molar-refractivity contribution in [2.24, 2.45) is 5.73 Å². The molecule has 1 saturated heterocycles. The minimum atomic E-state index is -0.170. The van der Waals surface area contributed by atoms with Gasteiger partial charge in [0.15, 0.2) is 0 Å². The zero-order valence-corrected chi connectivity index (χ0v) is 18.6. The summed E-state index contributed by atoms with van der Waals surface area (Å²) in [6.07, 6.45) is 10.4. The van der Waals surface area contributed by atoms with E-state index in [2.05, 4.69) is 54.6 Å². The van der Waals surface area contributed by atoms with Gasteiger partial charge in [0.1, 0.15) is 11.6 Å². The number of allylic oxidation sites excluding steroid dienone is 6. The van der Waals surface area contributed by atoms with Crippen LogP contribution in [0.25, 0.3) is 0 Å². The second-order valence-corrected chi connectivity index (χ2v) is 8.31. The van der Waals surface area contributed by atoms with E-state index in [9.17, 15) is 4.39 Å². The first-order chi connectivity index (χ1) is 14.3. The van der Waals surface area contributed by atoms with Gasteiger partial charge in [-0.3, -0.25) is 4.90 Å². The van der Waals surface area contributed by atoms with Crippen molar-refractivity contribution in [1.29, 1.82) is 0 Å². The largest absolute Gasteiger partial charge is 0.402 e. The fourth-order valence-electron chi connectivity index (χ4n) is 3.87. The Labute approximate surface area is 180 Å². The van der Waals surface area contributed by atoms with Crippen molar-refractivity contribution in [3.8, 4) is 0 Å². The number of halogens is 1. The van der Waals surface area contributed by atoms with Gasteiger partial charge in [0.2, 0.25) is 0 Å². The Kier molecular flexibility index (Phi) is 6.87. The van der Waals surface area contributed by atoms with Crippen molar-refractivity contribution in [2.45, 2.75) is 34.1 Å². The Bertz CT molecular complexity index is 875. The van der Waals surface area contributed by atoms with Crippen molar-refractivity contribution in [1.82, 2.24) is 20.0 Å². The lowest BCUT2D eigenvalue weighted by atomic mass is 10.1. The molecule has 5 nitrogen and oxygen atoms in total. The highest BCUT2D eigenvalue weighted by atomic mass is 19.1. The summed E-state index contributed by atoms with van der Waals surface area (Å²) in [5.41, 5.74) is 12.4. The van der Waals surface area contributed by atoms with E-state index in [1.165, 1.54) is 5.57 Å². The lowest BCUT2D eigenvalue weighted by Gasteiger charge is -2.28. The second-order valence-electron chi connectivity index (χ2n) is 8.31. The summed E-state index contributed by atoms with van der Waals surface area (Å²) < 4.78 is 14.1. The Morgan fingerprint density at radius 2 is 1.90 bits per heavy atom. The normalized spacial score (nSPS) is 20.6. The van der Waals surface area contributed by atoms with Gasteiger partial charge in [-0.2, -0.15) is 0 Å². The molecular formula is C24H34FN5. The topological polar surface area (TPSA) is 47.5 Å². The first kappa shape index (κ1) is 22.0. The maximum Gasteiger partial charge on any atom is 0.134 e.